The Morgan fingerprint density at radius 2 is 1.29 bits per heavy atom. The molecule has 1 heterocycles. The fourth-order valence-electron chi connectivity index (χ4n) is 1.80. The Kier molecular flexibility index (Phi) is 7.60. The highest BCUT2D eigenvalue weighted by Gasteiger charge is 2.21. The summed E-state index contributed by atoms with van der Waals surface area (Å²) in [4.78, 5) is 34.9. The van der Waals surface area contributed by atoms with E-state index in [1.165, 1.54) is 20.8 Å². The Morgan fingerprint density at radius 1 is 0.833 bits per heavy atom. The van der Waals surface area contributed by atoms with E-state index in [4.69, 9.17) is 14.2 Å². The number of cyclic esters (lactones) is 3. The average molecular weight is 342 g/mol. The van der Waals surface area contributed by atoms with Gasteiger partial charge in [-0.15, -0.1) is 0 Å². The van der Waals surface area contributed by atoms with E-state index >= 15 is 0 Å². The van der Waals surface area contributed by atoms with E-state index in [9.17, 15) is 24.6 Å². The Bertz CT molecular complexity index is 524. The molecule has 5 atom stereocenters. The number of carbonyl (C=O) groups is 3. The molecule has 2 N–H and O–H groups in total. The lowest BCUT2D eigenvalue weighted by molar-refractivity contribution is -0.157. The van der Waals surface area contributed by atoms with Gasteiger partial charge >= 0.3 is 17.9 Å². The topological polar surface area (TPSA) is 119 Å². The predicted octanol–water partition coefficient (Wildman–Crippen LogP) is 0.0194. The molecule has 0 spiro atoms. The Labute approximate surface area is 139 Å². The number of carbonyl (C=O) groups excluding carboxylic acids is 3. The van der Waals surface area contributed by atoms with Crippen molar-refractivity contribution < 1.29 is 38.8 Å². The largest absolute Gasteiger partial charge is 0.459 e. The van der Waals surface area contributed by atoms with Gasteiger partial charge in [0.1, 0.15) is 30.5 Å². The summed E-state index contributed by atoms with van der Waals surface area (Å²) in [6, 6.07) is 0. The molecule has 0 aromatic carbocycles. The summed E-state index contributed by atoms with van der Waals surface area (Å²) in [5.74, 6) is -2.22. The van der Waals surface area contributed by atoms with Gasteiger partial charge in [-0.25, -0.2) is 9.59 Å². The van der Waals surface area contributed by atoms with Crippen LogP contribution < -0.4 is 0 Å². The minimum atomic E-state index is -1.22. The van der Waals surface area contributed by atoms with E-state index in [2.05, 4.69) is 0 Å². The zero-order valence-electron chi connectivity index (χ0n) is 13.7. The van der Waals surface area contributed by atoms with Crippen molar-refractivity contribution in [2.75, 3.05) is 0 Å². The number of hydrogen-bond donors (Lipinski definition) is 2. The molecule has 134 valence electrons. The number of aliphatic hydroxyl groups is 2. The minimum Gasteiger partial charge on any atom is -0.459 e. The molecule has 1 aliphatic heterocycles. The second kappa shape index (κ2) is 9.19. The van der Waals surface area contributed by atoms with Gasteiger partial charge in [0, 0.05) is 12.2 Å². The molecular weight excluding hydrogens is 320 g/mol. The molecule has 0 aliphatic carbocycles. The molecule has 24 heavy (non-hydrogen) atoms. The Balaban J connectivity index is 2.91. The SMILES string of the molecule is C[C@@H]1OC(=O)/C=C/[C@H](O)[C@@H](C)OC(=O)C[C@H](C)OC(=O)/C=C/[C@H]1O. The lowest BCUT2D eigenvalue weighted by Crippen LogP contribution is -2.30. The second-order valence-electron chi connectivity index (χ2n) is 5.49. The molecule has 0 aromatic rings. The number of aliphatic hydroxyl groups excluding tert-OH is 2. The molecule has 0 fully saturated rings. The van der Waals surface area contributed by atoms with Crippen molar-refractivity contribution in [3.8, 4) is 0 Å². The van der Waals surface area contributed by atoms with Crippen LogP contribution in [0.15, 0.2) is 24.3 Å². The first-order valence-corrected chi connectivity index (χ1v) is 7.52. The summed E-state index contributed by atoms with van der Waals surface area (Å²) < 4.78 is 14.9. The zero-order valence-corrected chi connectivity index (χ0v) is 13.7. The fraction of sp³-hybridized carbons (Fsp3) is 0.562. The third kappa shape index (κ3) is 6.93. The molecule has 0 amide bonds. The average Bonchev–Trinajstić information content (AvgIpc) is 2.48. The number of rotatable bonds is 0. The molecule has 0 aromatic heterocycles. The van der Waals surface area contributed by atoms with Gasteiger partial charge in [-0.3, -0.25) is 4.79 Å². The molecule has 0 saturated heterocycles. The molecule has 0 saturated carbocycles. The normalized spacial score (nSPS) is 36.2. The van der Waals surface area contributed by atoms with Gasteiger partial charge in [-0.05, 0) is 32.9 Å². The highest BCUT2D eigenvalue weighted by molar-refractivity contribution is 5.83. The summed E-state index contributed by atoms with van der Waals surface area (Å²) >= 11 is 0. The van der Waals surface area contributed by atoms with Crippen LogP contribution in [-0.4, -0.2) is 58.6 Å². The van der Waals surface area contributed by atoms with E-state index in [0.717, 1.165) is 24.3 Å². The molecule has 1 rings (SSSR count). The summed E-state index contributed by atoms with van der Waals surface area (Å²) in [5.41, 5.74) is 0. The van der Waals surface area contributed by atoms with Gasteiger partial charge in [-0.2, -0.15) is 0 Å². The molecule has 8 nitrogen and oxygen atoms in total. The minimum absolute atomic E-state index is 0.193. The maximum atomic E-state index is 11.7. The van der Waals surface area contributed by atoms with Crippen molar-refractivity contribution in [3.63, 3.8) is 0 Å². The first kappa shape index (κ1) is 19.9. The van der Waals surface area contributed by atoms with E-state index in [1.807, 2.05) is 0 Å². The molecule has 0 unspecified atom stereocenters. The number of ether oxygens (including phenoxy) is 3. The van der Waals surface area contributed by atoms with E-state index in [-0.39, 0.29) is 6.42 Å². The summed E-state index contributed by atoms with van der Waals surface area (Å²) in [6.07, 6.45) is -0.961. The van der Waals surface area contributed by atoms with Crippen molar-refractivity contribution in [1.29, 1.82) is 0 Å². The molecule has 1 aliphatic rings. The first-order valence-electron chi connectivity index (χ1n) is 7.52. The van der Waals surface area contributed by atoms with Crippen LogP contribution in [0, 0.1) is 0 Å². The molecular formula is C16H22O8. The fourth-order valence-corrected chi connectivity index (χ4v) is 1.80. The lowest BCUT2D eigenvalue weighted by Gasteiger charge is -2.19. The van der Waals surface area contributed by atoms with Crippen molar-refractivity contribution in [1.82, 2.24) is 0 Å². The van der Waals surface area contributed by atoms with Gasteiger partial charge in [-0.1, -0.05) is 0 Å². The monoisotopic (exact) mass is 342 g/mol. The quantitative estimate of drug-likeness (QED) is 0.467. The molecule has 0 bridgehead atoms. The van der Waals surface area contributed by atoms with E-state index in [1.54, 1.807) is 0 Å². The smallest absolute Gasteiger partial charge is 0.330 e. The van der Waals surface area contributed by atoms with Crippen molar-refractivity contribution in [2.24, 2.45) is 0 Å². The third-order valence-electron chi connectivity index (χ3n) is 3.21. The zero-order chi connectivity index (χ0) is 18.3. The van der Waals surface area contributed by atoms with Gasteiger partial charge in [0.05, 0.1) is 6.42 Å². The van der Waals surface area contributed by atoms with Gasteiger partial charge < -0.3 is 24.4 Å². The maximum absolute atomic E-state index is 11.7. The summed E-state index contributed by atoms with van der Waals surface area (Å²) in [7, 11) is 0. The van der Waals surface area contributed by atoms with Crippen LogP contribution in [-0.2, 0) is 28.6 Å². The van der Waals surface area contributed by atoms with Gasteiger partial charge in [0.2, 0.25) is 0 Å². The third-order valence-corrected chi connectivity index (χ3v) is 3.21. The van der Waals surface area contributed by atoms with E-state index < -0.39 is 48.4 Å². The highest BCUT2D eigenvalue weighted by atomic mass is 16.6. The van der Waals surface area contributed by atoms with Crippen LogP contribution in [0.3, 0.4) is 0 Å². The van der Waals surface area contributed by atoms with Crippen LogP contribution >= 0.6 is 0 Å². The molecule has 0 radical (unpaired) electrons. The Hall–Kier alpha value is -2.19. The van der Waals surface area contributed by atoms with E-state index in [0.29, 0.717) is 0 Å². The molecule has 8 heteroatoms. The van der Waals surface area contributed by atoms with Crippen LogP contribution in [0.1, 0.15) is 27.2 Å². The lowest BCUT2D eigenvalue weighted by atomic mass is 10.2. The maximum Gasteiger partial charge on any atom is 0.330 e. The summed E-state index contributed by atoms with van der Waals surface area (Å²) in [6.45, 7) is 4.41. The van der Waals surface area contributed by atoms with Gasteiger partial charge in [0.25, 0.3) is 0 Å². The van der Waals surface area contributed by atoms with Crippen molar-refractivity contribution >= 4 is 17.9 Å². The Morgan fingerprint density at radius 3 is 1.83 bits per heavy atom. The number of esters is 3. The van der Waals surface area contributed by atoms with Crippen LogP contribution in [0.5, 0.6) is 0 Å². The van der Waals surface area contributed by atoms with Crippen molar-refractivity contribution in [2.45, 2.75) is 57.7 Å². The highest BCUT2D eigenvalue weighted by Crippen LogP contribution is 2.08. The van der Waals surface area contributed by atoms with Gasteiger partial charge in [0.15, 0.2) is 0 Å². The van der Waals surface area contributed by atoms with Crippen LogP contribution in [0.2, 0.25) is 0 Å². The predicted molar refractivity (Wildman–Crippen MR) is 81.6 cm³/mol. The first-order chi connectivity index (χ1) is 11.2. The van der Waals surface area contributed by atoms with Crippen LogP contribution in [0.25, 0.3) is 0 Å². The summed E-state index contributed by atoms with van der Waals surface area (Å²) in [5, 5.41) is 19.6. The second-order valence-corrected chi connectivity index (χ2v) is 5.49. The standard InChI is InChI=1S/C16H22O8/c1-9-8-16(21)24-11(3)13(18)5-7-15(20)23-10(2)12(17)4-6-14(19)22-9/h4-7,9-13,17-18H,8H2,1-3H3/b6-4+,7-5+/t9-,10-,11+,12+,13-/m0/s1. The van der Waals surface area contributed by atoms with Crippen LogP contribution in [0.4, 0.5) is 0 Å². The number of hydrogen-bond acceptors (Lipinski definition) is 8. The van der Waals surface area contributed by atoms with Crippen molar-refractivity contribution in [3.05, 3.63) is 24.3 Å².